The molecule has 0 aliphatic rings. The maximum absolute atomic E-state index is 5.70. The lowest BCUT2D eigenvalue weighted by Crippen LogP contribution is -1.95. The second-order valence-electron chi connectivity index (χ2n) is 6.15. The Hall–Kier alpha value is -1.08. The van der Waals surface area contributed by atoms with Gasteiger partial charge in [-0.05, 0) is 24.8 Å². The molecule has 0 atom stereocenters. The third kappa shape index (κ3) is 11.6. The molecule has 0 saturated carbocycles. The Morgan fingerprint density at radius 3 is 1.86 bits per heavy atom. The normalized spacial score (nSPS) is 10.7. The van der Waals surface area contributed by atoms with Gasteiger partial charge < -0.3 is 4.74 Å². The van der Waals surface area contributed by atoms with Gasteiger partial charge in [0, 0.05) is 6.61 Å². The van der Waals surface area contributed by atoms with E-state index in [0.29, 0.717) is 0 Å². The van der Waals surface area contributed by atoms with Gasteiger partial charge in [-0.15, -0.1) is 6.58 Å². The molecule has 0 heterocycles. The molecule has 22 heavy (non-hydrogen) atoms. The van der Waals surface area contributed by atoms with E-state index in [4.69, 9.17) is 4.74 Å². The minimum atomic E-state index is 0.757. The smallest absolute Gasteiger partial charge is 0.0716 e. The predicted molar refractivity (Wildman–Crippen MR) is 97.1 cm³/mol. The first kappa shape index (κ1) is 19.0. The van der Waals surface area contributed by atoms with E-state index in [1.165, 1.54) is 76.2 Å². The van der Waals surface area contributed by atoms with E-state index in [2.05, 4.69) is 30.8 Å². The van der Waals surface area contributed by atoms with Gasteiger partial charge in [-0.2, -0.15) is 0 Å². The topological polar surface area (TPSA) is 9.23 Å². The summed E-state index contributed by atoms with van der Waals surface area (Å²) < 4.78 is 5.70. The van der Waals surface area contributed by atoms with E-state index in [0.717, 1.165) is 13.2 Å². The van der Waals surface area contributed by atoms with E-state index < -0.39 is 0 Å². The Labute approximate surface area is 137 Å². The van der Waals surface area contributed by atoms with Gasteiger partial charge in [-0.25, -0.2) is 0 Å². The van der Waals surface area contributed by atoms with Gasteiger partial charge in [-0.3, -0.25) is 0 Å². The van der Waals surface area contributed by atoms with Crippen molar-refractivity contribution in [2.45, 2.75) is 77.2 Å². The molecule has 1 rings (SSSR count). The molecule has 0 aromatic heterocycles. The third-order valence-electron chi connectivity index (χ3n) is 4.06. The number of allylic oxidation sites excluding steroid dienone is 1. The third-order valence-corrected chi connectivity index (χ3v) is 4.06. The van der Waals surface area contributed by atoms with Gasteiger partial charge in [0.2, 0.25) is 0 Å². The highest BCUT2D eigenvalue weighted by Crippen LogP contribution is 2.11. The van der Waals surface area contributed by atoms with Crippen LogP contribution in [0.2, 0.25) is 0 Å². The Morgan fingerprint density at radius 2 is 1.27 bits per heavy atom. The molecular weight excluding hydrogens is 268 g/mol. The summed E-state index contributed by atoms with van der Waals surface area (Å²) in [5, 5.41) is 0. The number of rotatable bonds is 15. The quantitative estimate of drug-likeness (QED) is 0.259. The molecule has 0 N–H and O–H groups in total. The standard InChI is InChI=1S/C21H34O/c1-2-3-4-5-6-7-8-9-10-11-12-16-19-22-20-21-17-14-13-15-18-21/h2,13-15,17-18H,1,3-12,16,19-20H2. The van der Waals surface area contributed by atoms with Crippen molar-refractivity contribution in [1.82, 2.24) is 0 Å². The van der Waals surface area contributed by atoms with Gasteiger partial charge in [-0.1, -0.05) is 87.8 Å². The Bertz CT molecular complexity index is 344. The summed E-state index contributed by atoms with van der Waals surface area (Å²) in [7, 11) is 0. The van der Waals surface area contributed by atoms with Gasteiger partial charge in [0.1, 0.15) is 0 Å². The van der Waals surface area contributed by atoms with Crippen molar-refractivity contribution in [1.29, 1.82) is 0 Å². The zero-order chi connectivity index (χ0) is 15.7. The van der Waals surface area contributed by atoms with Gasteiger partial charge in [0.15, 0.2) is 0 Å². The van der Waals surface area contributed by atoms with Gasteiger partial charge in [0.05, 0.1) is 6.61 Å². The van der Waals surface area contributed by atoms with Crippen molar-refractivity contribution in [3.8, 4) is 0 Å². The van der Waals surface area contributed by atoms with Crippen LogP contribution >= 0.6 is 0 Å². The van der Waals surface area contributed by atoms with Crippen molar-refractivity contribution in [2.24, 2.45) is 0 Å². The van der Waals surface area contributed by atoms with Crippen LogP contribution in [0.4, 0.5) is 0 Å². The molecular formula is C21H34O. The summed E-state index contributed by atoms with van der Waals surface area (Å²) in [6.45, 7) is 5.42. The van der Waals surface area contributed by atoms with Crippen LogP contribution in [-0.4, -0.2) is 6.61 Å². The van der Waals surface area contributed by atoms with E-state index in [1.807, 2.05) is 12.1 Å². The molecule has 0 amide bonds. The SMILES string of the molecule is C=CCCCCCCCCCCCCOCc1ccccc1. The lowest BCUT2D eigenvalue weighted by molar-refractivity contribution is 0.116. The molecule has 1 aromatic rings. The van der Waals surface area contributed by atoms with Crippen molar-refractivity contribution < 1.29 is 4.74 Å². The van der Waals surface area contributed by atoms with E-state index >= 15 is 0 Å². The maximum Gasteiger partial charge on any atom is 0.0716 e. The molecule has 124 valence electrons. The van der Waals surface area contributed by atoms with Crippen molar-refractivity contribution in [2.75, 3.05) is 6.61 Å². The predicted octanol–water partition coefficient (Wildman–Crippen LogP) is 6.68. The van der Waals surface area contributed by atoms with Crippen LogP contribution in [0.15, 0.2) is 43.0 Å². The zero-order valence-corrected chi connectivity index (χ0v) is 14.3. The first-order valence-corrected chi connectivity index (χ1v) is 9.16. The monoisotopic (exact) mass is 302 g/mol. The van der Waals surface area contributed by atoms with Gasteiger partial charge >= 0.3 is 0 Å². The first-order valence-electron chi connectivity index (χ1n) is 9.16. The Balaban J connectivity index is 1.74. The van der Waals surface area contributed by atoms with Crippen LogP contribution in [0, 0.1) is 0 Å². The molecule has 1 heteroatoms. The molecule has 0 aliphatic heterocycles. The van der Waals surface area contributed by atoms with Gasteiger partial charge in [0.25, 0.3) is 0 Å². The molecule has 0 saturated heterocycles. The fourth-order valence-electron chi connectivity index (χ4n) is 2.67. The van der Waals surface area contributed by atoms with Crippen molar-refractivity contribution in [3.63, 3.8) is 0 Å². The first-order chi connectivity index (χ1) is 10.9. The summed E-state index contributed by atoms with van der Waals surface area (Å²) in [5.74, 6) is 0. The number of hydrogen-bond acceptors (Lipinski definition) is 1. The maximum atomic E-state index is 5.70. The van der Waals surface area contributed by atoms with Crippen LogP contribution in [0.1, 0.15) is 76.2 Å². The van der Waals surface area contributed by atoms with Crippen LogP contribution in [0.25, 0.3) is 0 Å². The average molecular weight is 303 g/mol. The highest BCUT2D eigenvalue weighted by molar-refractivity contribution is 5.13. The zero-order valence-electron chi connectivity index (χ0n) is 14.3. The fraction of sp³-hybridized carbons (Fsp3) is 0.619. The lowest BCUT2D eigenvalue weighted by atomic mass is 10.1. The van der Waals surface area contributed by atoms with E-state index in [9.17, 15) is 0 Å². The highest BCUT2D eigenvalue weighted by atomic mass is 16.5. The minimum absolute atomic E-state index is 0.757. The van der Waals surface area contributed by atoms with E-state index in [-0.39, 0.29) is 0 Å². The van der Waals surface area contributed by atoms with Crippen LogP contribution in [0.5, 0.6) is 0 Å². The summed E-state index contributed by atoms with van der Waals surface area (Å²) in [4.78, 5) is 0. The minimum Gasteiger partial charge on any atom is -0.377 e. The van der Waals surface area contributed by atoms with Crippen molar-refractivity contribution >= 4 is 0 Å². The highest BCUT2D eigenvalue weighted by Gasteiger charge is 1.94. The summed E-state index contributed by atoms with van der Waals surface area (Å²) in [6.07, 6.45) is 16.8. The second-order valence-corrected chi connectivity index (χ2v) is 6.15. The molecule has 1 aromatic carbocycles. The summed E-state index contributed by atoms with van der Waals surface area (Å²) in [6, 6.07) is 10.4. The molecule has 0 spiro atoms. The Morgan fingerprint density at radius 1 is 0.727 bits per heavy atom. The largest absolute Gasteiger partial charge is 0.377 e. The Kier molecular flexibility index (Phi) is 12.8. The molecule has 0 fully saturated rings. The molecule has 0 unspecified atom stereocenters. The average Bonchev–Trinajstić information content (AvgIpc) is 2.56. The van der Waals surface area contributed by atoms with Crippen LogP contribution < -0.4 is 0 Å². The van der Waals surface area contributed by atoms with Crippen LogP contribution in [0.3, 0.4) is 0 Å². The summed E-state index contributed by atoms with van der Waals surface area (Å²) in [5.41, 5.74) is 1.27. The van der Waals surface area contributed by atoms with Crippen molar-refractivity contribution in [3.05, 3.63) is 48.6 Å². The van der Waals surface area contributed by atoms with Crippen LogP contribution in [-0.2, 0) is 11.3 Å². The number of benzene rings is 1. The fourth-order valence-corrected chi connectivity index (χ4v) is 2.67. The second kappa shape index (κ2) is 14.8. The molecule has 0 aliphatic carbocycles. The molecule has 0 bridgehead atoms. The lowest BCUT2D eigenvalue weighted by Gasteiger charge is -2.05. The number of ether oxygens (including phenoxy) is 1. The van der Waals surface area contributed by atoms with E-state index in [1.54, 1.807) is 0 Å². The number of hydrogen-bond donors (Lipinski definition) is 0. The molecule has 1 nitrogen and oxygen atoms in total. The number of unbranched alkanes of at least 4 members (excludes halogenated alkanes) is 10. The summed E-state index contributed by atoms with van der Waals surface area (Å²) >= 11 is 0. The molecule has 0 radical (unpaired) electrons.